The molecule has 0 aromatic heterocycles. The number of halogens is 1. The van der Waals surface area contributed by atoms with Gasteiger partial charge in [-0.2, -0.15) is 0 Å². The maximum absolute atomic E-state index is 13.2. The number of carboxylic acids is 1. The van der Waals surface area contributed by atoms with Crippen molar-refractivity contribution in [1.29, 1.82) is 0 Å². The van der Waals surface area contributed by atoms with Crippen molar-refractivity contribution in [2.24, 2.45) is 5.41 Å². The van der Waals surface area contributed by atoms with E-state index in [1.54, 1.807) is 6.07 Å². The van der Waals surface area contributed by atoms with E-state index in [0.29, 0.717) is 19.5 Å². The van der Waals surface area contributed by atoms with Crippen LogP contribution in [0.15, 0.2) is 24.3 Å². The molecule has 0 saturated carbocycles. The third-order valence-corrected chi connectivity index (χ3v) is 4.08. The van der Waals surface area contributed by atoms with E-state index in [1.165, 1.54) is 12.1 Å². The van der Waals surface area contributed by atoms with Gasteiger partial charge in [0, 0.05) is 13.1 Å². The summed E-state index contributed by atoms with van der Waals surface area (Å²) in [6.07, 6.45) is 2.26. The lowest BCUT2D eigenvalue weighted by molar-refractivity contribution is -0.153. The van der Waals surface area contributed by atoms with Crippen LogP contribution >= 0.6 is 0 Å². The Morgan fingerprint density at radius 1 is 1.53 bits per heavy atom. The van der Waals surface area contributed by atoms with Crippen LogP contribution in [0.4, 0.5) is 4.39 Å². The second-order valence-electron chi connectivity index (χ2n) is 5.38. The van der Waals surface area contributed by atoms with Gasteiger partial charge in [0.05, 0.1) is 5.41 Å². The first kappa shape index (κ1) is 14.0. The van der Waals surface area contributed by atoms with Crippen LogP contribution < -0.4 is 0 Å². The molecule has 0 aliphatic carbocycles. The van der Waals surface area contributed by atoms with Crippen molar-refractivity contribution in [3.05, 3.63) is 35.6 Å². The van der Waals surface area contributed by atoms with Gasteiger partial charge >= 0.3 is 5.97 Å². The van der Waals surface area contributed by atoms with Gasteiger partial charge in [-0.25, -0.2) is 4.39 Å². The van der Waals surface area contributed by atoms with Crippen molar-refractivity contribution in [3.8, 4) is 0 Å². The molecule has 2 rings (SSSR count). The van der Waals surface area contributed by atoms with Crippen molar-refractivity contribution in [2.75, 3.05) is 13.1 Å². The molecule has 1 aliphatic heterocycles. The molecule has 1 fully saturated rings. The van der Waals surface area contributed by atoms with E-state index in [2.05, 4.69) is 4.90 Å². The Balaban J connectivity index is 2.07. The van der Waals surface area contributed by atoms with Crippen molar-refractivity contribution < 1.29 is 14.3 Å². The Labute approximate surface area is 113 Å². The number of carboxylic acid groups (broad SMARTS) is 1. The van der Waals surface area contributed by atoms with E-state index in [-0.39, 0.29) is 5.82 Å². The molecule has 0 amide bonds. The summed E-state index contributed by atoms with van der Waals surface area (Å²) in [5, 5.41) is 9.43. The number of rotatable bonds is 4. The molecule has 1 heterocycles. The van der Waals surface area contributed by atoms with Crippen LogP contribution in [-0.2, 0) is 11.3 Å². The van der Waals surface area contributed by atoms with Gasteiger partial charge in [-0.15, -0.1) is 0 Å². The highest BCUT2D eigenvalue weighted by Gasteiger charge is 2.40. The number of piperidine rings is 1. The molecule has 0 radical (unpaired) electrons. The molecule has 1 N–H and O–H groups in total. The molecule has 1 aliphatic rings. The lowest BCUT2D eigenvalue weighted by Gasteiger charge is -2.39. The zero-order valence-corrected chi connectivity index (χ0v) is 11.2. The number of nitrogens with zero attached hydrogens (tertiary/aromatic N) is 1. The van der Waals surface area contributed by atoms with Gasteiger partial charge in [-0.05, 0) is 43.5 Å². The molecule has 1 aromatic rings. The van der Waals surface area contributed by atoms with Gasteiger partial charge in [-0.1, -0.05) is 19.1 Å². The summed E-state index contributed by atoms with van der Waals surface area (Å²) in [7, 11) is 0. The third-order valence-electron chi connectivity index (χ3n) is 4.08. The van der Waals surface area contributed by atoms with E-state index >= 15 is 0 Å². The minimum Gasteiger partial charge on any atom is -0.481 e. The second-order valence-corrected chi connectivity index (χ2v) is 5.38. The number of likely N-dealkylation sites (tertiary alicyclic amines) is 1. The third kappa shape index (κ3) is 3.13. The lowest BCUT2D eigenvalue weighted by Crippen LogP contribution is -2.47. The van der Waals surface area contributed by atoms with Gasteiger partial charge in [-0.3, -0.25) is 9.69 Å². The van der Waals surface area contributed by atoms with E-state index in [4.69, 9.17) is 0 Å². The lowest BCUT2D eigenvalue weighted by atomic mass is 9.77. The molecule has 0 bridgehead atoms. The van der Waals surface area contributed by atoms with Crippen LogP contribution in [0.2, 0.25) is 0 Å². The molecule has 1 atom stereocenters. The minimum atomic E-state index is -0.709. The predicted molar refractivity (Wildman–Crippen MR) is 71.3 cm³/mol. The number of carbonyl (C=O) groups is 1. The van der Waals surface area contributed by atoms with Crippen molar-refractivity contribution in [2.45, 2.75) is 32.7 Å². The highest BCUT2D eigenvalue weighted by Crippen LogP contribution is 2.34. The van der Waals surface area contributed by atoms with Crippen LogP contribution in [0.25, 0.3) is 0 Å². The number of benzene rings is 1. The summed E-state index contributed by atoms with van der Waals surface area (Å²) in [5.74, 6) is -0.951. The summed E-state index contributed by atoms with van der Waals surface area (Å²) in [5.41, 5.74) is 0.267. The molecule has 19 heavy (non-hydrogen) atoms. The fourth-order valence-corrected chi connectivity index (χ4v) is 2.87. The van der Waals surface area contributed by atoms with E-state index in [0.717, 1.165) is 24.9 Å². The molecule has 1 aromatic carbocycles. The average molecular weight is 265 g/mol. The van der Waals surface area contributed by atoms with Crippen molar-refractivity contribution in [1.82, 2.24) is 4.90 Å². The van der Waals surface area contributed by atoms with Gasteiger partial charge in [0.1, 0.15) is 5.82 Å². The summed E-state index contributed by atoms with van der Waals surface area (Å²) >= 11 is 0. The molecule has 1 unspecified atom stereocenters. The largest absolute Gasteiger partial charge is 0.481 e. The molecule has 1 saturated heterocycles. The number of hydrogen-bond acceptors (Lipinski definition) is 2. The van der Waals surface area contributed by atoms with E-state index in [9.17, 15) is 14.3 Å². The first-order valence-corrected chi connectivity index (χ1v) is 6.76. The van der Waals surface area contributed by atoms with Crippen molar-refractivity contribution in [3.63, 3.8) is 0 Å². The smallest absolute Gasteiger partial charge is 0.310 e. The Hall–Kier alpha value is -1.42. The monoisotopic (exact) mass is 265 g/mol. The van der Waals surface area contributed by atoms with Gasteiger partial charge in [0.2, 0.25) is 0 Å². The quantitative estimate of drug-likeness (QED) is 0.910. The molecule has 0 spiro atoms. The Morgan fingerprint density at radius 3 is 2.95 bits per heavy atom. The van der Waals surface area contributed by atoms with Crippen LogP contribution in [0.3, 0.4) is 0 Å². The average Bonchev–Trinajstić information content (AvgIpc) is 2.38. The highest BCUT2D eigenvalue weighted by molar-refractivity contribution is 5.75. The molecule has 4 heteroatoms. The summed E-state index contributed by atoms with van der Waals surface area (Å²) in [6, 6.07) is 6.52. The van der Waals surface area contributed by atoms with Crippen LogP contribution in [0.1, 0.15) is 31.7 Å². The minimum absolute atomic E-state index is 0.241. The van der Waals surface area contributed by atoms with E-state index < -0.39 is 11.4 Å². The van der Waals surface area contributed by atoms with Crippen LogP contribution in [0.5, 0.6) is 0 Å². The highest BCUT2D eigenvalue weighted by atomic mass is 19.1. The Kier molecular flexibility index (Phi) is 4.20. The van der Waals surface area contributed by atoms with Crippen LogP contribution in [-0.4, -0.2) is 29.1 Å². The first-order valence-electron chi connectivity index (χ1n) is 6.76. The summed E-state index contributed by atoms with van der Waals surface area (Å²) in [4.78, 5) is 13.6. The molecule has 3 nitrogen and oxygen atoms in total. The second kappa shape index (κ2) is 5.70. The Morgan fingerprint density at radius 2 is 2.32 bits per heavy atom. The molecular formula is C15H20FNO2. The zero-order chi connectivity index (χ0) is 13.9. The van der Waals surface area contributed by atoms with Gasteiger partial charge < -0.3 is 5.11 Å². The first-order chi connectivity index (χ1) is 9.05. The molecular weight excluding hydrogens is 245 g/mol. The van der Waals surface area contributed by atoms with Gasteiger partial charge in [0.25, 0.3) is 0 Å². The maximum atomic E-state index is 13.2. The zero-order valence-electron chi connectivity index (χ0n) is 11.2. The number of hydrogen-bond donors (Lipinski definition) is 1. The Bertz CT molecular complexity index is 463. The SMILES string of the molecule is CCC1(C(=O)O)CCCN(Cc2cccc(F)c2)C1. The molecule has 104 valence electrons. The van der Waals surface area contributed by atoms with Crippen molar-refractivity contribution >= 4 is 5.97 Å². The maximum Gasteiger partial charge on any atom is 0.310 e. The fourth-order valence-electron chi connectivity index (χ4n) is 2.87. The predicted octanol–water partition coefficient (Wildman–Crippen LogP) is 2.90. The fraction of sp³-hybridized carbons (Fsp3) is 0.533. The van der Waals surface area contributed by atoms with Gasteiger partial charge in [0.15, 0.2) is 0 Å². The standard InChI is InChI=1S/C15H20FNO2/c1-2-15(14(18)19)7-4-8-17(11-15)10-12-5-3-6-13(16)9-12/h3,5-6,9H,2,4,7-8,10-11H2,1H3,(H,18,19). The summed E-state index contributed by atoms with van der Waals surface area (Å²) in [6.45, 7) is 3.98. The summed E-state index contributed by atoms with van der Waals surface area (Å²) < 4.78 is 13.2. The number of aliphatic carboxylic acids is 1. The van der Waals surface area contributed by atoms with Crippen LogP contribution in [0, 0.1) is 11.2 Å². The topological polar surface area (TPSA) is 40.5 Å². The van der Waals surface area contributed by atoms with E-state index in [1.807, 2.05) is 13.0 Å². The normalized spacial score (nSPS) is 24.3.